The van der Waals surface area contributed by atoms with Gasteiger partial charge < -0.3 is 5.32 Å². The van der Waals surface area contributed by atoms with Crippen LogP contribution in [0, 0.1) is 11.8 Å². The van der Waals surface area contributed by atoms with Crippen LogP contribution in [0.5, 0.6) is 0 Å². The number of thiophene rings is 1. The molecule has 1 aromatic heterocycles. The Hall–Kier alpha value is -0.850. The van der Waals surface area contributed by atoms with Gasteiger partial charge in [-0.3, -0.25) is 0 Å². The third-order valence-corrected chi connectivity index (χ3v) is 7.29. The first-order valence-corrected chi connectivity index (χ1v) is 10.8. The van der Waals surface area contributed by atoms with Crippen molar-refractivity contribution in [3.05, 3.63) is 22.7 Å². The summed E-state index contributed by atoms with van der Waals surface area (Å²) in [6.45, 7) is 8.59. The van der Waals surface area contributed by atoms with Gasteiger partial charge in [0.1, 0.15) is 9.90 Å². The van der Waals surface area contributed by atoms with Crippen LogP contribution in [0.15, 0.2) is 17.2 Å². The second kappa shape index (κ2) is 6.57. The van der Waals surface area contributed by atoms with Crippen LogP contribution in [0.25, 0.3) is 0 Å². The number of anilines is 1. The van der Waals surface area contributed by atoms with Gasteiger partial charge >= 0.3 is 0 Å². The van der Waals surface area contributed by atoms with Gasteiger partial charge in [0.2, 0.25) is 10.0 Å². The molecule has 1 heterocycles. The highest BCUT2D eigenvalue weighted by Gasteiger charge is 2.32. The fourth-order valence-corrected chi connectivity index (χ4v) is 6.21. The van der Waals surface area contributed by atoms with Crippen molar-refractivity contribution in [1.29, 1.82) is 0 Å². The fraction of sp³-hybridized carbons (Fsp3) is 0.647. The van der Waals surface area contributed by atoms with Gasteiger partial charge in [0.25, 0.3) is 0 Å². The molecule has 1 aromatic rings. The molecule has 0 atom stereocenters. The molecule has 128 valence electrons. The molecule has 2 aliphatic rings. The van der Waals surface area contributed by atoms with E-state index in [0.717, 1.165) is 54.8 Å². The van der Waals surface area contributed by atoms with Crippen molar-refractivity contribution in [2.24, 2.45) is 11.8 Å². The average molecular weight is 355 g/mol. The van der Waals surface area contributed by atoms with Gasteiger partial charge in [-0.1, -0.05) is 20.4 Å². The summed E-state index contributed by atoms with van der Waals surface area (Å²) in [6, 6.07) is 0. The van der Waals surface area contributed by atoms with E-state index in [0.29, 0.717) is 17.4 Å². The normalized spacial score (nSPS) is 18.0. The zero-order chi connectivity index (χ0) is 16.6. The predicted octanol–water partition coefficient (Wildman–Crippen LogP) is 3.90. The smallest absolute Gasteiger partial charge is 0.243 e. The summed E-state index contributed by atoms with van der Waals surface area (Å²) in [5.74, 6) is 0.797. The Labute approximate surface area is 143 Å². The van der Waals surface area contributed by atoms with Crippen molar-refractivity contribution in [1.82, 2.24) is 4.72 Å². The van der Waals surface area contributed by atoms with E-state index in [1.54, 1.807) is 11.3 Å². The quantitative estimate of drug-likeness (QED) is 0.781. The predicted molar refractivity (Wildman–Crippen MR) is 96.5 cm³/mol. The second-order valence-electron chi connectivity index (χ2n) is 7.04. The van der Waals surface area contributed by atoms with Gasteiger partial charge in [-0.2, -0.15) is 0 Å². The van der Waals surface area contributed by atoms with E-state index in [1.807, 2.05) is 13.8 Å². The molecule has 1 saturated carbocycles. The topological polar surface area (TPSA) is 58.2 Å². The lowest BCUT2D eigenvalue weighted by Crippen LogP contribution is -2.28. The lowest BCUT2D eigenvalue weighted by Gasteiger charge is -2.15. The van der Waals surface area contributed by atoms with Crippen molar-refractivity contribution in [2.75, 3.05) is 11.9 Å². The summed E-state index contributed by atoms with van der Waals surface area (Å²) >= 11 is 1.61. The van der Waals surface area contributed by atoms with Crippen LogP contribution in [0.4, 0.5) is 5.00 Å². The van der Waals surface area contributed by atoms with Crippen LogP contribution in [-0.4, -0.2) is 15.0 Å². The van der Waals surface area contributed by atoms with Crippen LogP contribution in [0.3, 0.4) is 0 Å². The zero-order valence-corrected chi connectivity index (χ0v) is 15.6. The standard InChI is InChI=1S/C17H26N2O2S2/c1-11(2)10-18-23(20,21)16-14-6-4-5-7-15(14)22-17(16)19-12(3)13-8-9-13/h11,13,18-19H,3-10H2,1-2H3. The van der Waals surface area contributed by atoms with Crippen LogP contribution in [0.2, 0.25) is 0 Å². The van der Waals surface area contributed by atoms with Crippen molar-refractivity contribution >= 4 is 26.4 Å². The molecule has 3 rings (SSSR count). The van der Waals surface area contributed by atoms with E-state index in [4.69, 9.17) is 0 Å². The Morgan fingerprint density at radius 2 is 2.00 bits per heavy atom. The second-order valence-corrected chi connectivity index (χ2v) is 9.85. The Morgan fingerprint density at radius 1 is 1.30 bits per heavy atom. The summed E-state index contributed by atoms with van der Waals surface area (Å²) in [7, 11) is -3.48. The Morgan fingerprint density at radius 3 is 2.65 bits per heavy atom. The molecule has 23 heavy (non-hydrogen) atoms. The molecule has 0 aromatic carbocycles. The average Bonchev–Trinajstić information content (AvgIpc) is 3.26. The lowest BCUT2D eigenvalue weighted by atomic mass is 9.99. The van der Waals surface area contributed by atoms with Crippen molar-refractivity contribution in [3.63, 3.8) is 0 Å². The van der Waals surface area contributed by atoms with Gasteiger partial charge in [-0.25, -0.2) is 13.1 Å². The van der Waals surface area contributed by atoms with E-state index in [9.17, 15) is 8.42 Å². The van der Waals surface area contributed by atoms with E-state index in [-0.39, 0.29) is 5.92 Å². The van der Waals surface area contributed by atoms with E-state index < -0.39 is 10.0 Å². The summed E-state index contributed by atoms with van der Waals surface area (Å²) in [5.41, 5.74) is 1.99. The molecule has 0 radical (unpaired) electrons. The maximum absolute atomic E-state index is 12.9. The molecule has 0 unspecified atom stereocenters. The molecule has 4 nitrogen and oxygen atoms in total. The largest absolute Gasteiger partial charge is 0.350 e. The van der Waals surface area contributed by atoms with Crippen LogP contribution >= 0.6 is 11.3 Å². The maximum atomic E-state index is 12.9. The first-order valence-electron chi connectivity index (χ1n) is 8.48. The fourth-order valence-electron chi connectivity index (χ4n) is 2.93. The molecule has 1 fully saturated rings. The summed E-state index contributed by atoms with van der Waals surface area (Å²) in [4.78, 5) is 1.71. The van der Waals surface area contributed by atoms with Gasteiger partial charge in [0, 0.05) is 17.1 Å². The molecule has 0 bridgehead atoms. The maximum Gasteiger partial charge on any atom is 0.243 e. The minimum absolute atomic E-state index is 0.289. The highest BCUT2D eigenvalue weighted by Crippen LogP contribution is 2.43. The Kier molecular flexibility index (Phi) is 4.85. The molecule has 0 spiro atoms. The molecular formula is C17H26N2O2S2. The molecular weight excluding hydrogens is 328 g/mol. The minimum atomic E-state index is -3.48. The Balaban J connectivity index is 1.94. The number of sulfonamides is 1. The van der Waals surface area contributed by atoms with Crippen LogP contribution in [0.1, 0.15) is 50.0 Å². The van der Waals surface area contributed by atoms with Gasteiger partial charge in [-0.05, 0) is 55.9 Å². The van der Waals surface area contributed by atoms with Crippen molar-refractivity contribution in [2.45, 2.75) is 57.3 Å². The molecule has 0 amide bonds. The first kappa shape index (κ1) is 17.0. The number of aryl methyl sites for hydroxylation is 1. The Bertz CT molecular complexity index is 700. The van der Waals surface area contributed by atoms with Gasteiger partial charge in [0.05, 0.1) is 0 Å². The first-order chi connectivity index (χ1) is 10.9. The minimum Gasteiger partial charge on any atom is -0.350 e. The summed E-state index contributed by atoms with van der Waals surface area (Å²) in [6.07, 6.45) is 6.38. The van der Waals surface area contributed by atoms with E-state index in [1.165, 1.54) is 4.88 Å². The zero-order valence-electron chi connectivity index (χ0n) is 13.9. The summed E-state index contributed by atoms with van der Waals surface area (Å²) < 4.78 is 28.5. The van der Waals surface area contributed by atoms with Crippen LogP contribution < -0.4 is 10.0 Å². The molecule has 2 N–H and O–H groups in total. The van der Waals surface area contributed by atoms with Crippen LogP contribution in [-0.2, 0) is 22.9 Å². The lowest BCUT2D eigenvalue weighted by molar-refractivity contribution is 0.558. The van der Waals surface area contributed by atoms with Crippen molar-refractivity contribution < 1.29 is 8.42 Å². The number of hydrogen-bond donors (Lipinski definition) is 2. The summed E-state index contributed by atoms with van der Waals surface area (Å²) in [5, 5.41) is 4.10. The third-order valence-electron chi connectivity index (χ3n) is 4.42. The van der Waals surface area contributed by atoms with Crippen molar-refractivity contribution in [3.8, 4) is 0 Å². The number of rotatable bonds is 7. The number of allylic oxidation sites excluding steroid dienone is 1. The van der Waals surface area contributed by atoms with Gasteiger partial charge in [-0.15, -0.1) is 11.3 Å². The van der Waals surface area contributed by atoms with Gasteiger partial charge in [0.15, 0.2) is 0 Å². The third kappa shape index (κ3) is 3.80. The highest BCUT2D eigenvalue weighted by molar-refractivity contribution is 7.90. The SMILES string of the molecule is C=C(Nc1sc2c(c1S(=O)(=O)NCC(C)C)CCCC2)C1CC1. The molecule has 2 aliphatic carbocycles. The highest BCUT2D eigenvalue weighted by atomic mass is 32.2. The molecule has 6 heteroatoms. The van der Waals surface area contributed by atoms with E-state index in [2.05, 4.69) is 16.6 Å². The number of fused-ring (bicyclic) bond motifs is 1. The van der Waals surface area contributed by atoms with E-state index >= 15 is 0 Å². The number of nitrogens with one attached hydrogen (secondary N) is 2. The molecule has 0 saturated heterocycles. The molecule has 0 aliphatic heterocycles. The monoisotopic (exact) mass is 354 g/mol. The number of hydrogen-bond acceptors (Lipinski definition) is 4.